The number of hydrogen-bond acceptors (Lipinski definition) is 3. The highest BCUT2D eigenvalue weighted by molar-refractivity contribution is 5.69. The van der Waals surface area contributed by atoms with Gasteiger partial charge in [0.2, 0.25) is 0 Å². The summed E-state index contributed by atoms with van der Waals surface area (Å²) in [5.41, 5.74) is 2.59. The number of rotatable bonds is 1. The summed E-state index contributed by atoms with van der Waals surface area (Å²) in [6.07, 6.45) is 5.35. The SMILES string of the molecule is OC1([C@H]2c3ccccc3-c3cncn32)CCCOC1. The number of aliphatic hydroxyl groups is 1. The van der Waals surface area contributed by atoms with Gasteiger partial charge in [0.15, 0.2) is 0 Å². The summed E-state index contributed by atoms with van der Waals surface area (Å²) in [6, 6.07) is 8.16. The van der Waals surface area contributed by atoms with E-state index in [4.69, 9.17) is 4.74 Å². The molecule has 1 saturated heterocycles. The largest absolute Gasteiger partial charge is 0.385 e. The van der Waals surface area contributed by atoms with E-state index in [1.165, 1.54) is 11.1 Å². The van der Waals surface area contributed by atoms with Crippen LogP contribution in [-0.4, -0.2) is 33.5 Å². The maximum absolute atomic E-state index is 11.0. The molecule has 4 rings (SSSR count). The Kier molecular flexibility index (Phi) is 2.31. The van der Waals surface area contributed by atoms with Crippen molar-refractivity contribution < 1.29 is 9.84 Å². The predicted octanol–water partition coefficient (Wildman–Crippen LogP) is 1.99. The molecule has 3 heterocycles. The molecule has 1 unspecified atom stereocenters. The van der Waals surface area contributed by atoms with Gasteiger partial charge in [0.1, 0.15) is 5.60 Å². The van der Waals surface area contributed by atoms with Crippen molar-refractivity contribution in [2.24, 2.45) is 0 Å². The number of ether oxygens (including phenoxy) is 1. The lowest BCUT2D eigenvalue weighted by Gasteiger charge is -2.38. The fourth-order valence-electron chi connectivity index (χ4n) is 3.40. The fraction of sp³-hybridized carbons (Fsp3) is 0.400. The van der Waals surface area contributed by atoms with Gasteiger partial charge in [-0.3, -0.25) is 0 Å². The smallest absolute Gasteiger partial charge is 0.113 e. The summed E-state index contributed by atoms with van der Waals surface area (Å²) in [5, 5.41) is 11.0. The average molecular weight is 256 g/mol. The van der Waals surface area contributed by atoms with E-state index in [0.29, 0.717) is 6.61 Å². The number of hydrogen-bond donors (Lipinski definition) is 1. The van der Waals surface area contributed by atoms with Crippen LogP contribution < -0.4 is 0 Å². The Labute approximate surface area is 111 Å². The lowest BCUT2D eigenvalue weighted by Crippen LogP contribution is -2.45. The average Bonchev–Trinajstić information content (AvgIpc) is 2.99. The molecule has 1 N–H and O–H groups in total. The molecule has 2 aliphatic heterocycles. The van der Waals surface area contributed by atoms with Crippen LogP contribution in [0, 0.1) is 0 Å². The van der Waals surface area contributed by atoms with Crippen LogP contribution in [0.25, 0.3) is 11.3 Å². The second-order valence-corrected chi connectivity index (χ2v) is 5.44. The van der Waals surface area contributed by atoms with Crippen LogP contribution in [0.2, 0.25) is 0 Å². The molecule has 2 aromatic rings. The summed E-state index contributed by atoms with van der Waals surface area (Å²) < 4.78 is 7.60. The van der Waals surface area contributed by atoms with E-state index in [9.17, 15) is 5.11 Å². The molecule has 0 aliphatic carbocycles. The quantitative estimate of drug-likeness (QED) is 0.849. The predicted molar refractivity (Wildman–Crippen MR) is 70.8 cm³/mol. The molecule has 0 bridgehead atoms. The van der Waals surface area contributed by atoms with Crippen molar-refractivity contribution in [1.82, 2.24) is 9.55 Å². The number of aromatic nitrogens is 2. The van der Waals surface area contributed by atoms with Gasteiger partial charge in [-0.25, -0.2) is 4.98 Å². The molecule has 1 fully saturated rings. The van der Waals surface area contributed by atoms with E-state index in [1.54, 1.807) is 0 Å². The van der Waals surface area contributed by atoms with Crippen LogP contribution in [0.1, 0.15) is 24.4 Å². The van der Waals surface area contributed by atoms with Gasteiger partial charge in [0.05, 0.1) is 30.9 Å². The summed E-state index contributed by atoms with van der Waals surface area (Å²) in [4.78, 5) is 4.23. The van der Waals surface area contributed by atoms with Gasteiger partial charge in [-0.05, 0) is 18.4 Å². The highest BCUT2D eigenvalue weighted by Gasteiger charge is 2.45. The van der Waals surface area contributed by atoms with E-state index in [0.717, 1.165) is 25.1 Å². The van der Waals surface area contributed by atoms with Gasteiger partial charge in [0.25, 0.3) is 0 Å². The first-order valence-corrected chi connectivity index (χ1v) is 6.71. The van der Waals surface area contributed by atoms with Gasteiger partial charge >= 0.3 is 0 Å². The Morgan fingerprint density at radius 2 is 2.26 bits per heavy atom. The minimum absolute atomic E-state index is 0.0819. The third kappa shape index (κ3) is 1.50. The van der Waals surface area contributed by atoms with Crippen molar-refractivity contribution in [3.63, 3.8) is 0 Å². The Bertz CT molecular complexity index is 614. The van der Waals surface area contributed by atoms with Gasteiger partial charge in [0, 0.05) is 12.2 Å². The summed E-state index contributed by atoms with van der Waals surface area (Å²) in [6.45, 7) is 1.14. The standard InChI is InChI=1S/C15H16N2O2/c18-15(6-3-7-19-9-15)14-12-5-2-1-4-11(12)13-8-16-10-17(13)14/h1-2,4-5,8,10,14,18H,3,6-7,9H2/t14-,15?/m1/s1. The van der Waals surface area contributed by atoms with E-state index in [1.807, 2.05) is 24.7 Å². The van der Waals surface area contributed by atoms with Crippen molar-refractivity contribution in [3.05, 3.63) is 42.4 Å². The van der Waals surface area contributed by atoms with Crippen molar-refractivity contribution in [1.29, 1.82) is 0 Å². The van der Waals surface area contributed by atoms with E-state index >= 15 is 0 Å². The zero-order valence-corrected chi connectivity index (χ0v) is 10.6. The van der Waals surface area contributed by atoms with Crippen LogP contribution in [0.5, 0.6) is 0 Å². The first-order chi connectivity index (χ1) is 9.30. The molecule has 0 amide bonds. The Morgan fingerprint density at radius 3 is 3.11 bits per heavy atom. The molecule has 2 atom stereocenters. The number of nitrogens with zero attached hydrogens (tertiary/aromatic N) is 2. The highest BCUT2D eigenvalue weighted by Crippen LogP contribution is 2.46. The Morgan fingerprint density at radius 1 is 1.37 bits per heavy atom. The molecule has 98 valence electrons. The van der Waals surface area contributed by atoms with Crippen LogP contribution in [0.15, 0.2) is 36.8 Å². The van der Waals surface area contributed by atoms with Crippen molar-refractivity contribution in [2.75, 3.05) is 13.2 Å². The maximum Gasteiger partial charge on any atom is 0.113 e. The molecule has 19 heavy (non-hydrogen) atoms. The molecule has 1 aromatic carbocycles. The van der Waals surface area contributed by atoms with Gasteiger partial charge < -0.3 is 14.4 Å². The Hall–Kier alpha value is -1.65. The Balaban J connectivity index is 1.89. The number of benzene rings is 1. The lowest BCUT2D eigenvalue weighted by molar-refractivity contribution is -0.105. The van der Waals surface area contributed by atoms with Gasteiger partial charge in [-0.2, -0.15) is 0 Å². The van der Waals surface area contributed by atoms with E-state index < -0.39 is 5.60 Å². The number of fused-ring (bicyclic) bond motifs is 3. The number of imidazole rings is 1. The highest BCUT2D eigenvalue weighted by atomic mass is 16.5. The first-order valence-electron chi connectivity index (χ1n) is 6.71. The second-order valence-electron chi connectivity index (χ2n) is 5.44. The summed E-state index contributed by atoms with van der Waals surface area (Å²) in [7, 11) is 0. The molecule has 2 aliphatic rings. The minimum atomic E-state index is -0.833. The normalized spacial score (nSPS) is 29.0. The van der Waals surface area contributed by atoms with E-state index in [2.05, 4.69) is 21.7 Å². The summed E-state index contributed by atoms with van der Waals surface area (Å²) >= 11 is 0. The van der Waals surface area contributed by atoms with Crippen molar-refractivity contribution in [3.8, 4) is 11.3 Å². The molecule has 0 spiro atoms. The molecule has 1 aromatic heterocycles. The van der Waals surface area contributed by atoms with Gasteiger partial charge in [-0.1, -0.05) is 24.3 Å². The molecular weight excluding hydrogens is 240 g/mol. The zero-order chi connectivity index (χ0) is 12.9. The van der Waals surface area contributed by atoms with Crippen LogP contribution in [0.4, 0.5) is 0 Å². The van der Waals surface area contributed by atoms with Crippen molar-refractivity contribution in [2.45, 2.75) is 24.5 Å². The first kappa shape index (κ1) is 11.2. The summed E-state index contributed by atoms with van der Waals surface area (Å²) in [5.74, 6) is 0. The van der Waals surface area contributed by atoms with Crippen molar-refractivity contribution >= 4 is 0 Å². The van der Waals surface area contributed by atoms with Gasteiger partial charge in [-0.15, -0.1) is 0 Å². The second kappa shape index (κ2) is 3.92. The molecule has 0 radical (unpaired) electrons. The topological polar surface area (TPSA) is 47.3 Å². The third-order valence-corrected chi connectivity index (χ3v) is 4.23. The molecule has 4 heteroatoms. The fourth-order valence-corrected chi connectivity index (χ4v) is 3.40. The molecule has 0 saturated carbocycles. The molecule has 4 nitrogen and oxygen atoms in total. The lowest BCUT2D eigenvalue weighted by atomic mass is 9.84. The zero-order valence-electron chi connectivity index (χ0n) is 10.6. The van der Waals surface area contributed by atoms with E-state index in [-0.39, 0.29) is 6.04 Å². The third-order valence-electron chi connectivity index (χ3n) is 4.23. The monoisotopic (exact) mass is 256 g/mol. The maximum atomic E-state index is 11.0. The van der Waals surface area contributed by atoms with Crippen LogP contribution >= 0.6 is 0 Å². The molecular formula is C15H16N2O2. The van der Waals surface area contributed by atoms with Crippen LogP contribution in [0.3, 0.4) is 0 Å². The van der Waals surface area contributed by atoms with Crippen LogP contribution in [-0.2, 0) is 4.74 Å². The minimum Gasteiger partial charge on any atom is -0.385 e.